The number of nitrogens with one attached hydrogen (secondary N) is 2. The number of anilines is 1. The number of phenols is 1. The van der Waals surface area contributed by atoms with Gasteiger partial charge in [0.05, 0.1) is 22.0 Å². The molecule has 1 aromatic rings. The molecule has 1 atom stereocenters. The number of aromatic hydroxyl groups is 1. The van der Waals surface area contributed by atoms with Gasteiger partial charge in [0.1, 0.15) is 11.1 Å². The fraction of sp³-hybridized carbons (Fsp3) is 0.471. The Hall–Kier alpha value is -1.80. The molecule has 2 aliphatic rings. The van der Waals surface area contributed by atoms with Crippen LogP contribution in [0.5, 0.6) is 5.75 Å². The lowest BCUT2D eigenvalue weighted by Gasteiger charge is -2.29. The predicted molar refractivity (Wildman–Crippen MR) is 97.2 cm³/mol. The third-order valence-electron chi connectivity index (χ3n) is 4.87. The van der Waals surface area contributed by atoms with Gasteiger partial charge >= 0.3 is 6.03 Å². The second kappa shape index (κ2) is 7.08. The van der Waals surface area contributed by atoms with Gasteiger partial charge in [0.25, 0.3) is 0 Å². The van der Waals surface area contributed by atoms with Gasteiger partial charge in [-0.15, -0.1) is 0 Å². The first-order valence-corrected chi connectivity index (χ1v) is 10.3. The maximum atomic E-state index is 13.1. The average molecular weight is 403 g/mol. The molecular weight excluding hydrogens is 383 g/mol. The Morgan fingerprint density at radius 1 is 1.35 bits per heavy atom. The van der Waals surface area contributed by atoms with Gasteiger partial charge in [-0.2, -0.15) is 0 Å². The normalized spacial score (nSPS) is 25.3. The van der Waals surface area contributed by atoms with Crippen molar-refractivity contribution in [2.24, 2.45) is 0 Å². The SMILES string of the molecule is CC1=CCCC1NC(=O)Nc1ccc(Cl)c(S(=O)(=O)C2CC(F)C2)c1O. The second-order valence-corrected chi connectivity index (χ2v) is 9.26. The van der Waals surface area contributed by atoms with Crippen molar-refractivity contribution < 1.29 is 22.7 Å². The quantitative estimate of drug-likeness (QED) is 0.530. The summed E-state index contributed by atoms with van der Waals surface area (Å²) in [6.45, 7) is 1.92. The maximum Gasteiger partial charge on any atom is 0.319 e. The van der Waals surface area contributed by atoms with Crippen molar-refractivity contribution in [3.8, 4) is 5.75 Å². The topological polar surface area (TPSA) is 95.5 Å². The van der Waals surface area contributed by atoms with Crippen molar-refractivity contribution in [1.29, 1.82) is 0 Å². The number of halogens is 2. The molecule has 26 heavy (non-hydrogen) atoms. The first-order chi connectivity index (χ1) is 12.2. The highest BCUT2D eigenvalue weighted by Gasteiger charge is 2.42. The lowest BCUT2D eigenvalue weighted by molar-refractivity contribution is 0.213. The molecule has 0 spiro atoms. The van der Waals surface area contributed by atoms with Crippen molar-refractivity contribution in [3.05, 3.63) is 28.8 Å². The first-order valence-electron chi connectivity index (χ1n) is 8.33. The summed E-state index contributed by atoms with van der Waals surface area (Å²) in [5.41, 5.74) is 0.982. The zero-order chi connectivity index (χ0) is 19.1. The molecule has 1 saturated carbocycles. The number of hydrogen-bond donors (Lipinski definition) is 3. The molecule has 0 aliphatic heterocycles. The van der Waals surface area contributed by atoms with Crippen LogP contribution in [0.3, 0.4) is 0 Å². The predicted octanol–water partition coefficient (Wildman–Crippen LogP) is 3.55. The van der Waals surface area contributed by atoms with E-state index in [0.717, 1.165) is 18.4 Å². The Balaban J connectivity index is 1.81. The largest absolute Gasteiger partial charge is 0.504 e. The smallest absolute Gasteiger partial charge is 0.319 e. The number of carbonyl (C=O) groups is 1. The minimum Gasteiger partial charge on any atom is -0.504 e. The molecule has 0 saturated heterocycles. The van der Waals surface area contributed by atoms with E-state index in [1.54, 1.807) is 0 Å². The van der Waals surface area contributed by atoms with Gasteiger partial charge in [-0.25, -0.2) is 17.6 Å². The van der Waals surface area contributed by atoms with Gasteiger partial charge in [-0.3, -0.25) is 0 Å². The van der Waals surface area contributed by atoms with Gasteiger partial charge in [-0.1, -0.05) is 23.3 Å². The van der Waals surface area contributed by atoms with Crippen LogP contribution in [0, 0.1) is 0 Å². The third kappa shape index (κ3) is 3.53. The third-order valence-corrected chi connectivity index (χ3v) is 7.54. The molecule has 2 amide bonds. The van der Waals surface area contributed by atoms with Crippen LogP contribution in [-0.2, 0) is 9.84 Å². The van der Waals surface area contributed by atoms with Crippen molar-refractivity contribution >= 4 is 33.2 Å². The summed E-state index contributed by atoms with van der Waals surface area (Å²) in [6.07, 6.45) is 2.30. The molecule has 2 aliphatic carbocycles. The van der Waals surface area contributed by atoms with Crippen LogP contribution in [-0.4, -0.2) is 37.0 Å². The molecular formula is C17H20ClFN2O4S. The summed E-state index contributed by atoms with van der Waals surface area (Å²) in [4.78, 5) is 11.7. The van der Waals surface area contributed by atoms with E-state index in [1.165, 1.54) is 12.1 Å². The molecule has 0 bridgehead atoms. The number of rotatable bonds is 4. The average Bonchev–Trinajstić information content (AvgIpc) is 2.92. The van der Waals surface area contributed by atoms with E-state index >= 15 is 0 Å². The summed E-state index contributed by atoms with van der Waals surface area (Å²) in [5.74, 6) is -0.631. The van der Waals surface area contributed by atoms with Gasteiger partial charge < -0.3 is 15.7 Å². The van der Waals surface area contributed by atoms with Gasteiger partial charge in [0.2, 0.25) is 0 Å². The number of amides is 2. The maximum absolute atomic E-state index is 13.1. The molecule has 6 nitrogen and oxygen atoms in total. The lowest BCUT2D eigenvalue weighted by atomic mass is 9.97. The Bertz CT molecular complexity index is 866. The van der Waals surface area contributed by atoms with Crippen molar-refractivity contribution in [3.63, 3.8) is 0 Å². The second-order valence-electron chi connectivity index (χ2n) is 6.68. The van der Waals surface area contributed by atoms with Crippen LogP contribution in [0.1, 0.15) is 32.6 Å². The van der Waals surface area contributed by atoms with Crippen LogP contribution in [0.25, 0.3) is 0 Å². The van der Waals surface area contributed by atoms with Crippen LogP contribution in [0.15, 0.2) is 28.7 Å². The van der Waals surface area contributed by atoms with E-state index in [4.69, 9.17) is 11.6 Å². The highest BCUT2D eigenvalue weighted by atomic mass is 35.5. The number of benzene rings is 1. The summed E-state index contributed by atoms with van der Waals surface area (Å²) < 4.78 is 38.3. The van der Waals surface area contributed by atoms with Crippen molar-refractivity contribution in [2.45, 2.75) is 55.0 Å². The fourth-order valence-corrected chi connectivity index (χ4v) is 5.64. The Morgan fingerprint density at radius 3 is 2.62 bits per heavy atom. The van der Waals surface area contributed by atoms with Crippen LogP contribution in [0.2, 0.25) is 5.02 Å². The van der Waals surface area contributed by atoms with E-state index in [0.29, 0.717) is 0 Å². The Kier molecular flexibility index (Phi) is 5.16. The number of allylic oxidation sites excluding steroid dienone is 1. The van der Waals surface area contributed by atoms with E-state index in [9.17, 15) is 22.7 Å². The van der Waals surface area contributed by atoms with Gasteiger partial charge in [-0.05, 0) is 44.7 Å². The molecule has 0 heterocycles. The minimum absolute atomic E-state index is 0.0683. The molecule has 0 aromatic heterocycles. The molecule has 3 rings (SSSR count). The zero-order valence-electron chi connectivity index (χ0n) is 14.1. The zero-order valence-corrected chi connectivity index (χ0v) is 15.7. The van der Waals surface area contributed by atoms with Crippen molar-refractivity contribution in [1.82, 2.24) is 5.32 Å². The summed E-state index contributed by atoms with van der Waals surface area (Å²) >= 11 is 5.97. The number of phenolic OH excluding ortho intramolecular Hbond substituents is 1. The van der Waals surface area contributed by atoms with E-state index in [-0.39, 0.29) is 29.6 Å². The number of sulfone groups is 1. The van der Waals surface area contributed by atoms with Crippen molar-refractivity contribution in [2.75, 3.05) is 5.32 Å². The van der Waals surface area contributed by atoms with E-state index in [2.05, 4.69) is 10.6 Å². The molecule has 9 heteroatoms. The van der Waals surface area contributed by atoms with E-state index in [1.807, 2.05) is 13.0 Å². The summed E-state index contributed by atoms with van der Waals surface area (Å²) in [6, 6.07) is 1.96. The Morgan fingerprint density at radius 2 is 2.04 bits per heavy atom. The lowest BCUT2D eigenvalue weighted by Crippen LogP contribution is -2.38. The highest BCUT2D eigenvalue weighted by Crippen LogP contribution is 2.43. The molecule has 1 aromatic carbocycles. The molecule has 142 valence electrons. The van der Waals surface area contributed by atoms with E-state index < -0.39 is 37.9 Å². The molecule has 3 N–H and O–H groups in total. The highest BCUT2D eigenvalue weighted by molar-refractivity contribution is 7.92. The van der Waals surface area contributed by atoms with Gasteiger partial charge in [0.15, 0.2) is 15.6 Å². The first kappa shape index (κ1) is 19.0. The Labute approximate surface area is 156 Å². The molecule has 1 fully saturated rings. The number of carbonyl (C=O) groups excluding carboxylic acids is 1. The fourth-order valence-electron chi connectivity index (χ4n) is 3.19. The number of hydrogen-bond acceptors (Lipinski definition) is 4. The standard InChI is InChI=1S/C17H20ClFN2O4S/c1-9-3-2-4-13(9)20-17(23)21-14-6-5-12(18)16(15(14)22)26(24,25)11-7-10(19)8-11/h3,5-6,10-11,13,22H,2,4,7-8H2,1H3,(H2,20,21,23). The van der Waals surface area contributed by atoms with Crippen LogP contribution < -0.4 is 10.6 Å². The summed E-state index contributed by atoms with van der Waals surface area (Å²) in [7, 11) is -3.99. The van der Waals surface area contributed by atoms with Gasteiger partial charge in [0, 0.05) is 0 Å². The number of alkyl halides is 1. The minimum atomic E-state index is -3.99. The monoisotopic (exact) mass is 402 g/mol. The molecule has 0 radical (unpaired) electrons. The number of urea groups is 1. The van der Waals surface area contributed by atoms with Crippen LogP contribution in [0.4, 0.5) is 14.9 Å². The summed E-state index contributed by atoms with van der Waals surface area (Å²) in [5, 5.41) is 14.5. The molecule has 1 unspecified atom stereocenters. The van der Waals surface area contributed by atoms with Crippen LogP contribution >= 0.6 is 11.6 Å².